The topological polar surface area (TPSA) is 0 Å². The lowest BCUT2D eigenvalue weighted by Gasteiger charge is -2.16. The van der Waals surface area contributed by atoms with Crippen molar-refractivity contribution in [2.45, 2.75) is 13.8 Å². The number of fused-ring (bicyclic) bond motifs is 5. The number of aryl methyl sites for hydroxylation is 2. The molecule has 0 spiro atoms. The lowest BCUT2D eigenvalue weighted by molar-refractivity contribution is 1.57. The highest BCUT2D eigenvalue weighted by Gasteiger charge is 2.13. The Kier molecular flexibility index (Phi) is 5.06. The molecule has 0 aliphatic heterocycles. The van der Waals surface area contributed by atoms with Gasteiger partial charge in [-0.1, -0.05) is 97.1 Å². The molecule has 0 amide bonds. The van der Waals surface area contributed by atoms with E-state index in [0.717, 1.165) is 0 Å². The third kappa shape index (κ3) is 3.53. The van der Waals surface area contributed by atoms with Gasteiger partial charge in [0.25, 0.3) is 0 Å². The highest BCUT2D eigenvalue weighted by molar-refractivity contribution is 6.07. The van der Waals surface area contributed by atoms with Gasteiger partial charge in [0.1, 0.15) is 0 Å². The minimum atomic E-state index is 1.25. The van der Waals surface area contributed by atoms with Crippen molar-refractivity contribution in [3.8, 4) is 22.3 Å². The van der Waals surface area contributed by atoms with Crippen LogP contribution in [0.4, 0.5) is 0 Å². The summed E-state index contributed by atoms with van der Waals surface area (Å²) in [6, 6.07) is 49.5. The van der Waals surface area contributed by atoms with Crippen LogP contribution in [0.2, 0.25) is 0 Å². The van der Waals surface area contributed by atoms with Crippen molar-refractivity contribution in [2.24, 2.45) is 0 Å². The molecule has 0 heterocycles. The SMILES string of the molecule is Cc1c2ccccc2cc2cc(-c3cc4ccccc4cc3-c3ccc4c(C)c5ccccc5cc4c3)ccc12. The van der Waals surface area contributed by atoms with E-state index in [0.29, 0.717) is 0 Å². The number of hydrogen-bond acceptors (Lipinski definition) is 0. The van der Waals surface area contributed by atoms with Gasteiger partial charge < -0.3 is 0 Å². The molecule has 40 heavy (non-hydrogen) atoms. The summed E-state index contributed by atoms with van der Waals surface area (Å²) < 4.78 is 0. The van der Waals surface area contributed by atoms with Crippen molar-refractivity contribution in [3.05, 3.63) is 145 Å². The van der Waals surface area contributed by atoms with Crippen LogP contribution < -0.4 is 0 Å². The van der Waals surface area contributed by atoms with Gasteiger partial charge in [0.2, 0.25) is 0 Å². The van der Waals surface area contributed by atoms with E-state index < -0.39 is 0 Å². The average Bonchev–Trinajstić information content (AvgIpc) is 3.00. The van der Waals surface area contributed by atoms with Crippen LogP contribution in [0.5, 0.6) is 0 Å². The van der Waals surface area contributed by atoms with Crippen molar-refractivity contribution in [2.75, 3.05) is 0 Å². The Hall–Kier alpha value is -4.94. The molecule has 188 valence electrons. The number of benzene rings is 8. The molecule has 0 nitrogen and oxygen atoms in total. The first-order valence-electron chi connectivity index (χ1n) is 14.0. The Morgan fingerprint density at radius 1 is 0.300 bits per heavy atom. The molecule has 0 bridgehead atoms. The summed E-state index contributed by atoms with van der Waals surface area (Å²) in [6.45, 7) is 4.49. The molecule has 0 saturated carbocycles. The van der Waals surface area contributed by atoms with Crippen LogP contribution in [-0.4, -0.2) is 0 Å². The molecular formula is C40H28. The summed E-state index contributed by atoms with van der Waals surface area (Å²) in [5.74, 6) is 0. The molecule has 8 aromatic carbocycles. The first-order chi connectivity index (χ1) is 19.6. The van der Waals surface area contributed by atoms with Crippen LogP contribution in [0, 0.1) is 13.8 Å². The van der Waals surface area contributed by atoms with E-state index in [9.17, 15) is 0 Å². The largest absolute Gasteiger partial charge is 0.0616 e. The Balaban J connectivity index is 1.39. The van der Waals surface area contributed by atoms with E-state index in [1.54, 1.807) is 0 Å². The fourth-order valence-electron chi connectivity index (χ4n) is 6.65. The number of hydrogen-bond donors (Lipinski definition) is 0. The van der Waals surface area contributed by atoms with Gasteiger partial charge in [-0.05, 0) is 137 Å². The Morgan fingerprint density at radius 2 is 0.675 bits per heavy atom. The molecule has 8 aromatic rings. The maximum Gasteiger partial charge on any atom is -0.00988 e. The maximum atomic E-state index is 2.38. The Morgan fingerprint density at radius 3 is 1.12 bits per heavy atom. The first kappa shape index (κ1) is 23.0. The van der Waals surface area contributed by atoms with Crippen LogP contribution in [-0.2, 0) is 0 Å². The summed E-state index contributed by atoms with van der Waals surface area (Å²) in [7, 11) is 0. The monoisotopic (exact) mass is 508 g/mol. The van der Waals surface area contributed by atoms with Crippen molar-refractivity contribution < 1.29 is 0 Å². The van der Waals surface area contributed by atoms with Gasteiger partial charge in [-0.2, -0.15) is 0 Å². The summed E-state index contributed by atoms with van der Waals surface area (Å²) in [5.41, 5.74) is 7.72. The Labute approximate surface area is 234 Å². The van der Waals surface area contributed by atoms with Gasteiger partial charge in [0.05, 0.1) is 0 Å². The lowest BCUT2D eigenvalue weighted by atomic mass is 9.88. The van der Waals surface area contributed by atoms with Crippen LogP contribution >= 0.6 is 0 Å². The zero-order valence-electron chi connectivity index (χ0n) is 22.7. The van der Waals surface area contributed by atoms with Gasteiger partial charge in [0.15, 0.2) is 0 Å². The second kappa shape index (κ2) is 8.79. The van der Waals surface area contributed by atoms with Gasteiger partial charge in [-0.3, -0.25) is 0 Å². The Bertz CT molecular complexity index is 2120. The molecule has 0 radical (unpaired) electrons. The van der Waals surface area contributed by atoms with E-state index in [2.05, 4.69) is 147 Å². The van der Waals surface area contributed by atoms with Gasteiger partial charge in [-0.15, -0.1) is 0 Å². The number of rotatable bonds is 2. The fourth-order valence-corrected chi connectivity index (χ4v) is 6.65. The van der Waals surface area contributed by atoms with Crippen molar-refractivity contribution >= 4 is 53.9 Å². The second-order valence-corrected chi connectivity index (χ2v) is 11.1. The molecule has 8 rings (SSSR count). The van der Waals surface area contributed by atoms with E-state index in [4.69, 9.17) is 0 Å². The molecule has 0 atom stereocenters. The minimum absolute atomic E-state index is 1.25. The normalized spacial score (nSPS) is 11.8. The predicted octanol–water partition coefficient (Wildman–Crippen LogP) is 11.4. The van der Waals surface area contributed by atoms with Crippen molar-refractivity contribution in [3.63, 3.8) is 0 Å². The van der Waals surface area contributed by atoms with E-state index >= 15 is 0 Å². The molecule has 0 saturated heterocycles. The highest BCUT2D eigenvalue weighted by atomic mass is 14.2. The predicted molar refractivity (Wildman–Crippen MR) is 174 cm³/mol. The van der Waals surface area contributed by atoms with Crippen LogP contribution in [0.15, 0.2) is 133 Å². The minimum Gasteiger partial charge on any atom is -0.0616 e. The van der Waals surface area contributed by atoms with Crippen molar-refractivity contribution in [1.29, 1.82) is 0 Å². The second-order valence-electron chi connectivity index (χ2n) is 11.1. The lowest BCUT2D eigenvalue weighted by Crippen LogP contribution is -1.90. The van der Waals surface area contributed by atoms with E-state index in [1.165, 1.54) is 87.2 Å². The fraction of sp³-hybridized carbons (Fsp3) is 0.0500. The van der Waals surface area contributed by atoms with E-state index in [1.807, 2.05) is 0 Å². The quantitative estimate of drug-likeness (QED) is 0.204. The molecule has 0 unspecified atom stereocenters. The zero-order valence-corrected chi connectivity index (χ0v) is 22.7. The summed E-state index contributed by atoms with van der Waals surface area (Å²) in [6.07, 6.45) is 0. The standard InChI is InChI=1S/C40H28/c1-25-35-13-7-5-11-29(35)19-33-21-31(15-17-37(25)33)39-23-27-9-3-4-10-28(27)24-40(39)32-16-18-38-26(2)36-14-8-6-12-30(36)20-34(38)22-32/h3-24H,1-2H3. The third-order valence-electron chi connectivity index (χ3n) is 8.77. The molecule has 0 aliphatic rings. The van der Waals surface area contributed by atoms with Crippen LogP contribution in [0.1, 0.15) is 11.1 Å². The highest BCUT2D eigenvalue weighted by Crippen LogP contribution is 2.40. The van der Waals surface area contributed by atoms with Gasteiger partial charge in [-0.25, -0.2) is 0 Å². The smallest absolute Gasteiger partial charge is 0.00988 e. The summed E-state index contributed by atoms with van der Waals surface area (Å²) >= 11 is 0. The molecule has 0 aromatic heterocycles. The third-order valence-corrected chi connectivity index (χ3v) is 8.77. The molecular weight excluding hydrogens is 480 g/mol. The average molecular weight is 509 g/mol. The summed E-state index contributed by atoms with van der Waals surface area (Å²) in [4.78, 5) is 0. The van der Waals surface area contributed by atoms with Crippen molar-refractivity contribution in [1.82, 2.24) is 0 Å². The van der Waals surface area contributed by atoms with Gasteiger partial charge in [0, 0.05) is 0 Å². The molecule has 0 N–H and O–H groups in total. The molecule has 0 fully saturated rings. The van der Waals surface area contributed by atoms with Crippen LogP contribution in [0.25, 0.3) is 76.1 Å². The first-order valence-corrected chi connectivity index (χ1v) is 14.0. The maximum absolute atomic E-state index is 2.38. The summed E-state index contributed by atoms with van der Waals surface area (Å²) in [5, 5.41) is 13.0. The molecule has 0 heteroatoms. The van der Waals surface area contributed by atoms with Gasteiger partial charge >= 0.3 is 0 Å². The van der Waals surface area contributed by atoms with Crippen LogP contribution in [0.3, 0.4) is 0 Å². The van der Waals surface area contributed by atoms with E-state index in [-0.39, 0.29) is 0 Å². The molecule has 0 aliphatic carbocycles. The zero-order chi connectivity index (χ0) is 26.8.